The predicted octanol–water partition coefficient (Wildman–Crippen LogP) is 0.940. The third kappa shape index (κ3) is 4.56. The van der Waals surface area contributed by atoms with Gasteiger partial charge in [-0.1, -0.05) is 0 Å². The van der Waals surface area contributed by atoms with Gasteiger partial charge >= 0.3 is 0 Å². The Hall–Kier alpha value is -3.40. The standard InChI is InChI=1S/C21H19B3N8O/c22-21(23,24)32-12-15(8-29-32)14-5-13-6-19(27-10-18(13)26-7-14)30-20(33)16-9-28-31(11-16)17-1-3-25-4-2-17/h5-12,17,25H,1-4H2,(H,27,30,33). The van der Waals surface area contributed by atoms with Crippen LogP contribution < -0.4 is 10.6 Å². The third-order valence-electron chi connectivity index (χ3n) is 5.67. The van der Waals surface area contributed by atoms with Gasteiger partial charge in [-0.05, 0) is 43.3 Å². The molecule has 12 heteroatoms. The Bertz CT molecular complexity index is 1310. The molecule has 0 saturated carbocycles. The number of anilines is 1. The predicted molar refractivity (Wildman–Crippen MR) is 127 cm³/mol. The van der Waals surface area contributed by atoms with E-state index in [1.165, 1.54) is 4.68 Å². The molecule has 0 aliphatic carbocycles. The monoisotopic (exact) mass is 432 g/mol. The summed E-state index contributed by atoms with van der Waals surface area (Å²) in [6.07, 6.45) is 11.9. The van der Waals surface area contributed by atoms with Gasteiger partial charge in [-0.2, -0.15) is 10.2 Å². The quantitative estimate of drug-likeness (QED) is 0.456. The smallest absolute Gasteiger partial charge is 0.260 e. The van der Waals surface area contributed by atoms with Crippen molar-refractivity contribution in [2.75, 3.05) is 18.4 Å². The molecule has 4 aromatic heterocycles. The molecular weight excluding hydrogens is 413 g/mol. The van der Waals surface area contributed by atoms with Crippen molar-refractivity contribution in [3.63, 3.8) is 0 Å². The van der Waals surface area contributed by atoms with E-state index in [0.717, 1.165) is 42.4 Å². The molecule has 0 unspecified atom stereocenters. The molecule has 0 bridgehead atoms. The number of fused-ring (bicyclic) bond motifs is 1. The first kappa shape index (κ1) is 21.5. The van der Waals surface area contributed by atoms with Gasteiger partial charge in [0.05, 0.1) is 59.3 Å². The molecule has 0 atom stereocenters. The van der Waals surface area contributed by atoms with Crippen LogP contribution in [-0.4, -0.2) is 72.1 Å². The van der Waals surface area contributed by atoms with Crippen molar-refractivity contribution in [2.24, 2.45) is 0 Å². The number of pyridine rings is 2. The lowest BCUT2D eigenvalue weighted by atomic mass is 9.49. The molecule has 9 nitrogen and oxygen atoms in total. The van der Waals surface area contributed by atoms with Gasteiger partial charge in [-0.3, -0.25) is 19.1 Å². The van der Waals surface area contributed by atoms with Crippen LogP contribution in [0.2, 0.25) is 0 Å². The zero-order valence-electron chi connectivity index (χ0n) is 17.8. The molecule has 4 aromatic rings. The van der Waals surface area contributed by atoms with Crippen molar-refractivity contribution in [3.8, 4) is 11.1 Å². The minimum absolute atomic E-state index is 0.266. The highest BCUT2D eigenvalue weighted by molar-refractivity contribution is 6.56. The molecule has 1 saturated heterocycles. The van der Waals surface area contributed by atoms with E-state index in [2.05, 4.69) is 30.8 Å². The van der Waals surface area contributed by atoms with Crippen LogP contribution in [0.1, 0.15) is 29.2 Å². The van der Waals surface area contributed by atoms with E-state index in [1.54, 1.807) is 43.2 Å². The van der Waals surface area contributed by atoms with Crippen LogP contribution in [0.4, 0.5) is 5.82 Å². The van der Waals surface area contributed by atoms with Crippen LogP contribution >= 0.6 is 0 Å². The second-order valence-corrected chi connectivity index (χ2v) is 8.19. The average Bonchev–Trinajstić information content (AvgIpc) is 3.49. The number of hydrogen-bond acceptors (Lipinski definition) is 6. The fraction of sp³-hybridized carbons (Fsp3) is 0.286. The first-order chi connectivity index (χ1) is 15.9. The second kappa shape index (κ2) is 8.51. The number of hydrogen-bond donors (Lipinski definition) is 2. The number of piperidine rings is 1. The van der Waals surface area contributed by atoms with Crippen LogP contribution in [0, 0.1) is 0 Å². The van der Waals surface area contributed by atoms with E-state index in [1.807, 2.05) is 10.7 Å². The largest absolute Gasteiger partial charge is 0.317 e. The maximum absolute atomic E-state index is 12.8. The lowest BCUT2D eigenvalue weighted by Gasteiger charge is -2.22. The Balaban J connectivity index is 1.35. The minimum Gasteiger partial charge on any atom is -0.317 e. The van der Waals surface area contributed by atoms with Crippen LogP contribution in [0.15, 0.2) is 49.3 Å². The average molecular weight is 432 g/mol. The van der Waals surface area contributed by atoms with E-state index < -0.39 is 5.24 Å². The molecule has 0 aromatic carbocycles. The van der Waals surface area contributed by atoms with Gasteiger partial charge in [0, 0.05) is 35.1 Å². The fourth-order valence-corrected chi connectivity index (χ4v) is 3.86. The van der Waals surface area contributed by atoms with Gasteiger partial charge in [-0.25, -0.2) is 4.98 Å². The van der Waals surface area contributed by atoms with E-state index in [-0.39, 0.29) is 5.91 Å². The van der Waals surface area contributed by atoms with Crippen molar-refractivity contribution < 1.29 is 4.79 Å². The third-order valence-corrected chi connectivity index (χ3v) is 5.67. The fourth-order valence-electron chi connectivity index (χ4n) is 3.86. The highest BCUT2D eigenvalue weighted by Crippen LogP contribution is 2.24. The number of aromatic nitrogens is 6. The van der Waals surface area contributed by atoms with Crippen LogP contribution in [0.3, 0.4) is 0 Å². The molecule has 2 N–H and O–H groups in total. The lowest BCUT2D eigenvalue weighted by Crippen LogP contribution is -2.35. The highest BCUT2D eigenvalue weighted by atomic mass is 16.1. The van der Waals surface area contributed by atoms with Gasteiger partial charge in [0.1, 0.15) is 5.82 Å². The molecule has 1 fully saturated rings. The summed E-state index contributed by atoms with van der Waals surface area (Å²) in [6.45, 7) is 1.91. The van der Waals surface area contributed by atoms with Crippen molar-refractivity contribution in [2.45, 2.75) is 24.1 Å². The highest BCUT2D eigenvalue weighted by Gasteiger charge is 2.18. The van der Waals surface area contributed by atoms with E-state index in [9.17, 15) is 4.79 Å². The Morgan fingerprint density at radius 3 is 2.58 bits per heavy atom. The summed E-state index contributed by atoms with van der Waals surface area (Å²) in [6, 6.07) is 4.00. The Morgan fingerprint density at radius 2 is 1.82 bits per heavy atom. The molecule has 5 rings (SSSR count). The molecule has 0 spiro atoms. The topological polar surface area (TPSA) is 103 Å². The normalized spacial score (nSPS) is 15.0. The number of nitrogens with one attached hydrogen (secondary N) is 2. The molecular formula is C21H19B3N8O. The number of carbonyl (C=O) groups excluding carboxylic acids is 1. The number of carbonyl (C=O) groups is 1. The zero-order valence-corrected chi connectivity index (χ0v) is 17.8. The molecule has 6 radical (unpaired) electrons. The summed E-state index contributed by atoms with van der Waals surface area (Å²) in [7, 11) is 17.0. The van der Waals surface area contributed by atoms with E-state index in [0.29, 0.717) is 22.9 Å². The van der Waals surface area contributed by atoms with Crippen molar-refractivity contribution in [3.05, 3.63) is 54.9 Å². The van der Waals surface area contributed by atoms with Gasteiger partial charge < -0.3 is 10.6 Å². The molecule has 1 amide bonds. The van der Waals surface area contributed by atoms with Gasteiger partial charge in [0.2, 0.25) is 0 Å². The van der Waals surface area contributed by atoms with E-state index in [4.69, 9.17) is 23.5 Å². The first-order valence-electron chi connectivity index (χ1n) is 10.6. The summed E-state index contributed by atoms with van der Waals surface area (Å²) in [5.74, 6) is 0.152. The molecule has 1 aliphatic rings. The minimum atomic E-state index is -1.59. The summed E-state index contributed by atoms with van der Waals surface area (Å²) in [5.41, 5.74) is 2.73. The zero-order chi connectivity index (χ0) is 23.0. The lowest BCUT2D eigenvalue weighted by molar-refractivity contribution is 0.102. The summed E-state index contributed by atoms with van der Waals surface area (Å²) < 4.78 is 3.15. The molecule has 33 heavy (non-hydrogen) atoms. The number of amides is 1. The first-order valence-corrected chi connectivity index (χ1v) is 10.6. The number of rotatable bonds is 5. The number of nitrogens with zero attached hydrogens (tertiary/aromatic N) is 6. The van der Waals surface area contributed by atoms with Crippen molar-refractivity contribution in [1.29, 1.82) is 0 Å². The second-order valence-electron chi connectivity index (χ2n) is 8.19. The van der Waals surface area contributed by atoms with Gasteiger partial charge in [0.15, 0.2) is 0 Å². The van der Waals surface area contributed by atoms with Crippen LogP contribution in [0.5, 0.6) is 0 Å². The van der Waals surface area contributed by atoms with Crippen LogP contribution in [0.25, 0.3) is 22.0 Å². The van der Waals surface area contributed by atoms with E-state index >= 15 is 0 Å². The molecule has 5 heterocycles. The van der Waals surface area contributed by atoms with Gasteiger partial charge in [0.25, 0.3) is 5.91 Å². The Labute approximate surface area is 194 Å². The molecule has 158 valence electrons. The summed E-state index contributed by atoms with van der Waals surface area (Å²) >= 11 is 0. The Kier molecular flexibility index (Phi) is 5.53. The SMILES string of the molecule is [B]C([B])([B])n1cc(-c2cnc3cnc(NC(=O)c4cnn(C5CCNCC5)c4)cc3c2)cn1. The molecule has 1 aliphatic heterocycles. The maximum atomic E-state index is 12.8. The summed E-state index contributed by atoms with van der Waals surface area (Å²) in [4.78, 5) is 21.5. The van der Waals surface area contributed by atoms with Crippen LogP contribution in [-0.2, 0) is 5.24 Å². The van der Waals surface area contributed by atoms with Gasteiger partial charge in [-0.15, -0.1) is 0 Å². The Morgan fingerprint density at radius 1 is 1.00 bits per heavy atom. The van der Waals surface area contributed by atoms with Crippen molar-refractivity contribution >= 4 is 46.2 Å². The maximum Gasteiger partial charge on any atom is 0.260 e. The summed E-state index contributed by atoms with van der Waals surface area (Å²) in [5, 5.41) is 13.9. The van der Waals surface area contributed by atoms with Crippen molar-refractivity contribution in [1.82, 2.24) is 34.8 Å².